The highest BCUT2D eigenvalue weighted by molar-refractivity contribution is 5.91. The van der Waals surface area contributed by atoms with Crippen LogP contribution in [0.5, 0.6) is 5.75 Å². The zero-order valence-corrected chi connectivity index (χ0v) is 11.3. The summed E-state index contributed by atoms with van der Waals surface area (Å²) in [5, 5.41) is 12.4. The molecule has 5 heteroatoms. The van der Waals surface area contributed by atoms with E-state index in [0.29, 0.717) is 24.2 Å². The van der Waals surface area contributed by atoms with Gasteiger partial charge in [-0.2, -0.15) is 0 Å². The maximum Gasteiger partial charge on any atom is 0.334 e. The molecule has 1 unspecified atom stereocenters. The fourth-order valence-electron chi connectivity index (χ4n) is 2.93. The standard InChI is InChI=1S/C15H17NO4/c1-20-12-4-2-3-11-10(12)7-8-15(11,14(18)19)16-13(17)9-5-6-9/h2-4,9H,5-8H2,1H3,(H,16,17)(H,18,19). The van der Waals surface area contributed by atoms with Crippen LogP contribution < -0.4 is 10.1 Å². The van der Waals surface area contributed by atoms with Crippen LogP contribution in [-0.2, 0) is 21.5 Å². The van der Waals surface area contributed by atoms with E-state index in [4.69, 9.17) is 4.74 Å². The molecule has 1 aromatic carbocycles. The van der Waals surface area contributed by atoms with Crippen molar-refractivity contribution in [1.29, 1.82) is 0 Å². The van der Waals surface area contributed by atoms with Crippen molar-refractivity contribution < 1.29 is 19.4 Å². The van der Waals surface area contributed by atoms with Gasteiger partial charge < -0.3 is 15.2 Å². The zero-order chi connectivity index (χ0) is 14.3. The highest BCUT2D eigenvalue weighted by Gasteiger charge is 2.49. The predicted molar refractivity (Wildman–Crippen MR) is 71.5 cm³/mol. The highest BCUT2D eigenvalue weighted by Crippen LogP contribution is 2.42. The Morgan fingerprint density at radius 3 is 2.75 bits per heavy atom. The molecule has 1 atom stereocenters. The Bertz CT molecular complexity index is 579. The molecule has 20 heavy (non-hydrogen) atoms. The molecule has 106 valence electrons. The molecule has 2 aliphatic carbocycles. The van der Waals surface area contributed by atoms with Crippen LogP contribution in [0.4, 0.5) is 0 Å². The minimum absolute atomic E-state index is 0.0131. The van der Waals surface area contributed by atoms with Crippen molar-refractivity contribution in [2.75, 3.05) is 7.11 Å². The summed E-state index contributed by atoms with van der Waals surface area (Å²) in [6.07, 6.45) is 2.67. The first kappa shape index (κ1) is 13.0. The fourth-order valence-corrected chi connectivity index (χ4v) is 2.93. The van der Waals surface area contributed by atoms with Gasteiger partial charge >= 0.3 is 5.97 Å². The molecule has 0 spiro atoms. The summed E-state index contributed by atoms with van der Waals surface area (Å²) in [5.41, 5.74) is 0.232. The molecular weight excluding hydrogens is 258 g/mol. The average Bonchev–Trinajstić information content (AvgIpc) is 3.22. The Morgan fingerprint density at radius 1 is 1.40 bits per heavy atom. The first-order valence-corrected chi connectivity index (χ1v) is 6.80. The van der Waals surface area contributed by atoms with Gasteiger partial charge in [-0.05, 0) is 37.3 Å². The Labute approximate surface area is 116 Å². The van der Waals surface area contributed by atoms with Crippen molar-refractivity contribution in [3.8, 4) is 5.75 Å². The number of carboxylic acids is 1. The normalized spacial score (nSPS) is 24.1. The van der Waals surface area contributed by atoms with E-state index in [9.17, 15) is 14.7 Å². The summed E-state index contributed by atoms with van der Waals surface area (Å²) < 4.78 is 5.29. The SMILES string of the molecule is COc1cccc2c1CCC2(NC(=O)C1CC1)C(=O)O. The Hall–Kier alpha value is -2.04. The first-order valence-electron chi connectivity index (χ1n) is 6.80. The molecule has 0 saturated heterocycles. The van der Waals surface area contributed by atoms with E-state index in [0.717, 1.165) is 18.4 Å². The third kappa shape index (κ3) is 1.85. The number of fused-ring (bicyclic) bond motifs is 1. The van der Waals surface area contributed by atoms with Gasteiger partial charge in [-0.15, -0.1) is 0 Å². The lowest BCUT2D eigenvalue weighted by atomic mass is 9.91. The van der Waals surface area contributed by atoms with Gasteiger partial charge in [0.15, 0.2) is 5.54 Å². The van der Waals surface area contributed by atoms with E-state index in [1.165, 1.54) is 0 Å². The second kappa shape index (κ2) is 4.51. The third-order valence-electron chi connectivity index (χ3n) is 4.21. The molecule has 5 nitrogen and oxygen atoms in total. The monoisotopic (exact) mass is 275 g/mol. The van der Waals surface area contributed by atoms with Crippen LogP contribution in [0.1, 0.15) is 30.4 Å². The number of nitrogens with one attached hydrogen (secondary N) is 1. The summed E-state index contributed by atoms with van der Waals surface area (Å²) in [4.78, 5) is 23.8. The molecule has 0 aliphatic heterocycles. The number of hydrogen-bond donors (Lipinski definition) is 2. The largest absolute Gasteiger partial charge is 0.496 e. The van der Waals surface area contributed by atoms with Crippen molar-refractivity contribution in [1.82, 2.24) is 5.32 Å². The summed E-state index contributed by atoms with van der Waals surface area (Å²) in [7, 11) is 1.57. The van der Waals surface area contributed by atoms with Gasteiger partial charge in [0.25, 0.3) is 0 Å². The smallest absolute Gasteiger partial charge is 0.334 e. The summed E-state index contributed by atoms with van der Waals surface area (Å²) in [6, 6.07) is 5.36. The number of carbonyl (C=O) groups is 2. The van der Waals surface area contributed by atoms with Gasteiger partial charge in [-0.3, -0.25) is 4.79 Å². The predicted octanol–water partition coefficient (Wildman–Crippen LogP) is 1.45. The van der Waals surface area contributed by atoms with E-state index >= 15 is 0 Å². The molecule has 1 aromatic rings. The van der Waals surface area contributed by atoms with Crippen LogP contribution in [0.3, 0.4) is 0 Å². The van der Waals surface area contributed by atoms with Crippen LogP contribution in [0.25, 0.3) is 0 Å². The van der Waals surface area contributed by atoms with Crippen LogP contribution in [0.15, 0.2) is 18.2 Å². The van der Waals surface area contributed by atoms with Crippen molar-refractivity contribution in [2.45, 2.75) is 31.2 Å². The van der Waals surface area contributed by atoms with Gasteiger partial charge in [0.05, 0.1) is 7.11 Å². The van der Waals surface area contributed by atoms with Crippen molar-refractivity contribution in [3.05, 3.63) is 29.3 Å². The second-order valence-corrected chi connectivity index (χ2v) is 5.46. The van der Waals surface area contributed by atoms with Crippen molar-refractivity contribution in [2.24, 2.45) is 5.92 Å². The molecule has 1 saturated carbocycles. The fraction of sp³-hybridized carbons (Fsp3) is 0.467. The molecule has 3 rings (SSSR count). The van der Waals surface area contributed by atoms with Gasteiger partial charge in [-0.25, -0.2) is 4.79 Å². The molecule has 0 heterocycles. The third-order valence-corrected chi connectivity index (χ3v) is 4.21. The van der Waals surface area contributed by atoms with Crippen LogP contribution in [-0.4, -0.2) is 24.1 Å². The Balaban J connectivity index is 2.02. The number of methoxy groups -OCH3 is 1. The number of carbonyl (C=O) groups excluding carboxylic acids is 1. The number of carboxylic acid groups (broad SMARTS) is 1. The van der Waals surface area contributed by atoms with E-state index < -0.39 is 11.5 Å². The number of rotatable bonds is 4. The molecule has 0 bridgehead atoms. The lowest BCUT2D eigenvalue weighted by Crippen LogP contribution is -2.50. The van der Waals surface area contributed by atoms with Gasteiger partial charge in [-0.1, -0.05) is 12.1 Å². The highest BCUT2D eigenvalue weighted by atomic mass is 16.5. The van der Waals surface area contributed by atoms with Crippen molar-refractivity contribution in [3.63, 3.8) is 0 Å². The quantitative estimate of drug-likeness (QED) is 0.872. The summed E-state index contributed by atoms with van der Waals surface area (Å²) in [5.74, 6) is -0.478. The first-order chi connectivity index (χ1) is 9.58. The second-order valence-electron chi connectivity index (χ2n) is 5.46. The maximum absolute atomic E-state index is 12.0. The van der Waals surface area contributed by atoms with Gasteiger partial charge in [0.2, 0.25) is 5.91 Å². The Morgan fingerprint density at radius 2 is 2.15 bits per heavy atom. The van der Waals surface area contributed by atoms with Crippen LogP contribution in [0.2, 0.25) is 0 Å². The van der Waals surface area contributed by atoms with Crippen LogP contribution >= 0.6 is 0 Å². The van der Waals surface area contributed by atoms with E-state index in [1.54, 1.807) is 19.2 Å². The molecule has 0 radical (unpaired) electrons. The zero-order valence-electron chi connectivity index (χ0n) is 11.3. The van der Waals surface area contributed by atoms with E-state index in [-0.39, 0.29) is 11.8 Å². The lowest BCUT2D eigenvalue weighted by Gasteiger charge is -2.27. The molecule has 0 aromatic heterocycles. The lowest BCUT2D eigenvalue weighted by molar-refractivity contribution is -0.148. The topological polar surface area (TPSA) is 75.6 Å². The van der Waals surface area contributed by atoms with E-state index in [1.807, 2.05) is 6.07 Å². The number of benzene rings is 1. The van der Waals surface area contributed by atoms with Crippen molar-refractivity contribution >= 4 is 11.9 Å². The minimum Gasteiger partial charge on any atom is -0.496 e. The average molecular weight is 275 g/mol. The Kier molecular flexibility index (Phi) is 2.92. The summed E-state index contributed by atoms with van der Waals surface area (Å²) >= 11 is 0. The maximum atomic E-state index is 12.0. The number of aliphatic carboxylic acids is 1. The van der Waals surface area contributed by atoms with Gasteiger partial charge in [0.1, 0.15) is 5.75 Å². The molecule has 1 amide bonds. The molecule has 2 N–H and O–H groups in total. The van der Waals surface area contributed by atoms with Gasteiger partial charge in [0, 0.05) is 11.5 Å². The number of amides is 1. The molecular formula is C15H17NO4. The molecule has 2 aliphatic rings. The number of ether oxygens (including phenoxy) is 1. The summed E-state index contributed by atoms with van der Waals surface area (Å²) in [6.45, 7) is 0. The minimum atomic E-state index is -1.30. The van der Waals surface area contributed by atoms with Crippen LogP contribution in [0, 0.1) is 5.92 Å². The van der Waals surface area contributed by atoms with E-state index in [2.05, 4.69) is 5.32 Å². The molecule has 1 fully saturated rings. The number of hydrogen-bond acceptors (Lipinski definition) is 3.